The number of hydrogen-bond acceptors (Lipinski definition) is 7. The molecule has 1 N–H and O–H groups in total. The van der Waals surface area contributed by atoms with Gasteiger partial charge < -0.3 is 24.8 Å². The molecule has 0 atom stereocenters. The zero-order chi connectivity index (χ0) is 30.1. The average molecular weight is 587 g/mol. The minimum absolute atomic E-state index is 0.00281. The fourth-order valence-electron chi connectivity index (χ4n) is 7.90. The number of carbonyl (C=O) groups is 2. The maximum atomic E-state index is 13.8. The Morgan fingerprint density at radius 2 is 1.74 bits per heavy atom. The third-order valence-electron chi connectivity index (χ3n) is 9.46. The van der Waals surface area contributed by atoms with Crippen LogP contribution in [-0.2, 0) is 16.1 Å². The number of ketones is 1. The molecule has 4 aliphatic carbocycles. The number of carbonyl (C=O) groups excluding carboxylic acids is 2. The lowest BCUT2D eigenvalue weighted by atomic mass is 9.53. The van der Waals surface area contributed by atoms with Gasteiger partial charge in [-0.1, -0.05) is 35.5 Å². The molecule has 10 nitrogen and oxygen atoms in total. The van der Waals surface area contributed by atoms with Gasteiger partial charge in [0.15, 0.2) is 5.71 Å². The molecule has 4 bridgehead atoms. The summed E-state index contributed by atoms with van der Waals surface area (Å²) in [5.74, 6) is 1.09. The molecule has 0 saturated heterocycles. The molecule has 226 valence electrons. The van der Waals surface area contributed by atoms with Crippen LogP contribution in [0.1, 0.15) is 73.1 Å². The molecule has 4 aliphatic rings. The molecular weight excluding hydrogens is 548 g/mol. The molecule has 4 fully saturated rings. The number of rotatable bonds is 11. The maximum absolute atomic E-state index is 13.8. The van der Waals surface area contributed by atoms with E-state index in [1.54, 1.807) is 6.07 Å². The molecule has 1 heterocycles. The Kier molecular flexibility index (Phi) is 7.94. The van der Waals surface area contributed by atoms with E-state index in [4.69, 9.17) is 9.57 Å². The zero-order valence-electron chi connectivity index (χ0n) is 24.7. The Morgan fingerprint density at radius 3 is 2.40 bits per heavy atom. The molecule has 0 aliphatic heterocycles. The van der Waals surface area contributed by atoms with E-state index in [0.29, 0.717) is 39.1 Å². The lowest BCUT2D eigenvalue weighted by Crippen LogP contribution is -2.61. The van der Waals surface area contributed by atoms with E-state index in [1.807, 2.05) is 30.3 Å². The molecule has 4 saturated carbocycles. The van der Waals surface area contributed by atoms with Gasteiger partial charge in [0.2, 0.25) is 5.78 Å². The van der Waals surface area contributed by atoms with Gasteiger partial charge in [-0.25, -0.2) is 0 Å². The van der Waals surface area contributed by atoms with Gasteiger partial charge in [0.1, 0.15) is 17.9 Å². The smallest absolute Gasteiger partial charge is 0.325 e. The number of nitrogens with one attached hydrogen (secondary N) is 1. The molecule has 1 amide bonds. The topological polar surface area (TPSA) is 128 Å². The predicted octanol–water partition coefficient (Wildman–Crippen LogP) is 4.88. The number of nitrogens with zero attached hydrogens (tertiary/aromatic N) is 3. The molecule has 0 unspecified atom stereocenters. The van der Waals surface area contributed by atoms with Crippen molar-refractivity contribution in [3.63, 3.8) is 0 Å². The van der Waals surface area contributed by atoms with Crippen LogP contribution >= 0.6 is 0 Å². The summed E-state index contributed by atoms with van der Waals surface area (Å²) in [5, 5.41) is 20.5. The second-order valence-electron chi connectivity index (χ2n) is 12.6. The fourth-order valence-corrected chi connectivity index (χ4v) is 7.90. The number of hydrogen-bond donors (Lipinski definition) is 1. The second-order valence-corrected chi connectivity index (χ2v) is 12.6. The Hall–Kier alpha value is -4.21. The van der Waals surface area contributed by atoms with Crippen molar-refractivity contribution in [3.8, 4) is 5.75 Å². The summed E-state index contributed by atoms with van der Waals surface area (Å²) in [7, 11) is 1.45. The van der Waals surface area contributed by atoms with Crippen LogP contribution in [0.25, 0.3) is 11.0 Å². The summed E-state index contributed by atoms with van der Waals surface area (Å²) >= 11 is 0. The minimum Gasteiger partial charge on any atom is -0.805 e. The number of aryl methyl sites for hydroxylation is 1. The number of Topliss-reactive ketones (excluding diaryl/α,β-unsaturated/α-hetero) is 1. The van der Waals surface area contributed by atoms with Gasteiger partial charge in [0, 0.05) is 10.4 Å². The van der Waals surface area contributed by atoms with E-state index < -0.39 is 18.1 Å². The second kappa shape index (κ2) is 11.8. The fraction of sp³-hybridized carbons (Fsp3) is 0.485. The summed E-state index contributed by atoms with van der Waals surface area (Å²) in [6.07, 6.45) is 7.47. The van der Waals surface area contributed by atoms with E-state index in [0.717, 1.165) is 25.7 Å². The van der Waals surface area contributed by atoms with Crippen LogP contribution < -0.4 is 14.5 Å². The van der Waals surface area contributed by atoms with Crippen molar-refractivity contribution in [1.82, 2.24) is 10.0 Å². The van der Waals surface area contributed by atoms with Gasteiger partial charge in [-0.3, -0.25) is 9.59 Å². The predicted molar refractivity (Wildman–Crippen MR) is 162 cm³/mol. The standard InChI is InChI=1S/C33H38N4O6/c1-21-31(37(41)29-16-26(42-2)10-11-28(29)36(21)40)30(38)17-27(35-43-12-6-9-22-7-4-3-5-8-22)32(39)34-33-18-23-13-24(19-33)15-25(14-23)20-33/h3-5,7-8,10-11,16,23-25H,6,9,12-15,17-20H2,1-2H3,(H,34,39)/b35-27+. The van der Waals surface area contributed by atoms with Crippen molar-refractivity contribution in [1.29, 1.82) is 0 Å². The lowest BCUT2D eigenvalue weighted by molar-refractivity contribution is -0.468. The summed E-state index contributed by atoms with van der Waals surface area (Å²) in [6.45, 7) is 1.68. The van der Waals surface area contributed by atoms with Crippen molar-refractivity contribution in [2.45, 2.75) is 70.3 Å². The maximum Gasteiger partial charge on any atom is 0.325 e. The quantitative estimate of drug-likeness (QED) is 0.112. The highest BCUT2D eigenvalue weighted by atomic mass is 16.6. The Bertz CT molecular complexity index is 1590. The van der Waals surface area contributed by atoms with E-state index in [2.05, 4.69) is 10.5 Å². The first kappa shape index (κ1) is 28.9. The van der Waals surface area contributed by atoms with Crippen LogP contribution in [0.4, 0.5) is 0 Å². The highest BCUT2D eigenvalue weighted by Gasteiger charge is 2.52. The molecule has 3 aromatic rings. The lowest BCUT2D eigenvalue weighted by Gasteiger charge is -2.56. The van der Waals surface area contributed by atoms with Crippen LogP contribution in [0.15, 0.2) is 53.7 Å². The van der Waals surface area contributed by atoms with Crippen LogP contribution in [0.3, 0.4) is 0 Å². The summed E-state index contributed by atoms with van der Waals surface area (Å²) in [5.41, 5.74) is 0.492. The van der Waals surface area contributed by atoms with Crippen molar-refractivity contribution in [3.05, 3.63) is 75.6 Å². The third-order valence-corrected chi connectivity index (χ3v) is 9.46. The van der Waals surface area contributed by atoms with Gasteiger partial charge in [0.05, 0.1) is 29.7 Å². The first-order valence-corrected chi connectivity index (χ1v) is 15.2. The highest BCUT2D eigenvalue weighted by Crippen LogP contribution is 2.55. The number of oxime groups is 1. The number of ether oxygens (including phenoxy) is 1. The van der Waals surface area contributed by atoms with Crippen molar-refractivity contribution in [2.24, 2.45) is 22.9 Å². The van der Waals surface area contributed by atoms with E-state index in [1.165, 1.54) is 51.0 Å². The highest BCUT2D eigenvalue weighted by molar-refractivity contribution is 6.42. The molecular formula is C33H38N4O6. The monoisotopic (exact) mass is 586 g/mol. The average Bonchev–Trinajstić information content (AvgIpc) is 2.98. The SMILES string of the molecule is COc1ccc2c(c1)[n+](=O)c(C(=O)C/C(=N\OCCCc1ccccc1)C(=O)NC13CC4CC(CC(C4)C1)C3)c(C)n2[O-]. The van der Waals surface area contributed by atoms with Crippen LogP contribution in [0.2, 0.25) is 0 Å². The molecule has 2 aromatic carbocycles. The van der Waals surface area contributed by atoms with Crippen molar-refractivity contribution in [2.75, 3.05) is 13.7 Å². The number of fused-ring (bicyclic) bond motifs is 1. The van der Waals surface area contributed by atoms with Crippen LogP contribution in [0.5, 0.6) is 5.75 Å². The summed E-state index contributed by atoms with van der Waals surface area (Å²) < 4.78 is 6.22. The van der Waals surface area contributed by atoms with Gasteiger partial charge in [-0.15, -0.1) is 0 Å². The van der Waals surface area contributed by atoms with Gasteiger partial charge in [-0.2, -0.15) is 0 Å². The molecule has 10 heteroatoms. The molecule has 0 spiro atoms. The van der Waals surface area contributed by atoms with Crippen molar-refractivity contribution >= 4 is 28.4 Å². The number of methoxy groups -OCH3 is 1. The number of aromatic nitrogens is 2. The first-order chi connectivity index (χ1) is 20.7. The summed E-state index contributed by atoms with van der Waals surface area (Å²) in [4.78, 5) is 46.4. The number of amides is 1. The Labute approximate surface area is 250 Å². The molecule has 1 aromatic heterocycles. The Balaban J connectivity index is 1.24. The van der Waals surface area contributed by atoms with E-state index in [9.17, 15) is 19.7 Å². The largest absolute Gasteiger partial charge is 0.805 e. The minimum atomic E-state index is -0.686. The van der Waals surface area contributed by atoms with E-state index in [-0.39, 0.29) is 40.3 Å². The van der Waals surface area contributed by atoms with E-state index >= 15 is 0 Å². The van der Waals surface area contributed by atoms with Crippen LogP contribution in [-0.4, -0.2) is 41.4 Å². The summed E-state index contributed by atoms with van der Waals surface area (Å²) in [6, 6.07) is 14.5. The van der Waals surface area contributed by atoms with Gasteiger partial charge in [0.25, 0.3) is 11.4 Å². The molecule has 0 radical (unpaired) electrons. The first-order valence-electron chi connectivity index (χ1n) is 15.2. The normalized spacial score (nSPS) is 24.2. The third kappa shape index (κ3) is 5.87. The molecule has 43 heavy (non-hydrogen) atoms. The Morgan fingerprint density at radius 1 is 1.07 bits per heavy atom. The molecule has 7 rings (SSSR count). The van der Waals surface area contributed by atoms with Gasteiger partial charge >= 0.3 is 5.69 Å². The van der Waals surface area contributed by atoms with Crippen molar-refractivity contribution < 1.29 is 23.6 Å². The van der Waals surface area contributed by atoms with Gasteiger partial charge in [-0.05, 0) is 93.7 Å². The zero-order valence-corrected chi connectivity index (χ0v) is 24.7. The number of benzene rings is 2. The van der Waals surface area contributed by atoms with Crippen LogP contribution in [0, 0.1) is 34.8 Å².